The highest BCUT2D eigenvalue weighted by Crippen LogP contribution is 2.32. The molecule has 0 radical (unpaired) electrons. The minimum atomic E-state index is 0.181. The number of benzene rings is 1. The van der Waals surface area contributed by atoms with Crippen molar-refractivity contribution in [3.05, 3.63) is 29.8 Å². The second kappa shape index (κ2) is 8.30. The van der Waals surface area contributed by atoms with Gasteiger partial charge in [-0.3, -0.25) is 4.90 Å². The first-order valence-electron chi connectivity index (χ1n) is 8.92. The zero-order valence-electron chi connectivity index (χ0n) is 15.1. The normalized spacial score (nSPS) is 27.4. The Hall–Kier alpha value is -1.14. The summed E-state index contributed by atoms with van der Waals surface area (Å²) in [6.45, 7) is 4.44. The highest BCUT2D eigenvalue weighted by Gasteiger charge is 2.44. The fraction of sp³-hybridized carbons (Fsp3) is 0.684. The molecule has 134 valence electrons. The molecule has 0 saturated carbocycles. The van der Waals surface area contributed by atoms with Crippen LogP contribution in [0.2, 0.25) is 0 Å². The Morgan fingerprint density at radius 1 is 1.33 bits per heavy atom. The van der Waals surface area contributed by atoms with E-state index in [0.717, 1.165) is 45.0 Å². The SMILES string of the molecule is COc1cccc(CN2C[C@H](OCCN(C)C)[C@H]3OCCC[C@H]32)c1. The lowest BCUT2D eigenvalue weighted by Crippen LogP contribution is -2.42. The molecule has 0 N–H and O–H groups in total. The number of methoxy groups -OCH3 is 1. The maximum Gasteiger partial charge on any atom is 0.119 e. The average molecular weight is 334 g/mol. The van der Waals surface area contributed by atoms with Crippen LogP contribution in [-0.4, -0.2) is 75.6 Å². The van der Waals surface area contributed by atoms with Crippen LogP contribution >= 0.6 is 0 Å². The van der Waals surface area contributed by atoms with E-state index >= 15 is 0 Å². The first kappa shape index (κ1) is 17.7. The van der Waals surface area contributed by atoms with E-state index in [2.05, 4.69) is 42.1 Å². The molecule has 0 amide bonds. The fourth-order valence-corrected chi connectivity index (χ4v) is 3.72. The summed E-state index contributed by atoms with van der Waals surface area (Å²) in [5, 5.41) is 0. The van der Waals surface area contributed by atoms with Gasteiger partial charge in [-0.05, 0) is 44.6 Å². The molecule has 2 fully saturated rings. The lowest BCUT2D eigenvalue weighted by molar-refractivity contribution is -0.0787. The Kier molecular flexibility index (Phi) is 6.11. The van der Waals surface area contributed by atoms with Gasteiger partial charge in [0.25, 0.3) is 0 Å². The van der Waals surface area contributed by atoms with E-state index in [9.17, 15) is 0 Å². The molecule has 1 aromatic carbocycles. The molecular formula is C19H30N2O3. The van der Waals surface area contributed by atoms with Crippen LogP contribution in [0.15, 0.2) is 24.3 Å². The molecule has 0 aromatic heterocycles. The van der Waals surface area contributed by atoms with E-state index in [1.54, 1.807) is 7.11 Å². The Labute approximate surface area is 145 Å². The van der Waals surface area contributed by atoms with Gasteiger partial charge in [0.1, 0.15) is 11.9 Å². The summed E-state index contributed by atoms with van der Waals surface area (Å²) in [7, 11) is 5.87. The number of fused-ring (bicyclic) bond motifs is 1. The van der Waals surface area contributed by atoms with E-state index in [1.165, 1.54) is 12.0 Å². The molecule has 0 unspecified atom stereocenters. The third-order valence-corrected chi connectivity index (χ3v) is 4.97. The molecule has 2 aliphatic rings. The second-order valence-electron chi connectivity index (χ2n) is 7.04. The van der Waals surface area contributed by atoms with Gasteiger partial charge >= 0.3 is 0 Å². The highest BCUT2D eigenvalue weighted by molar-refractivity contribution is 5.28. The average Bonchev–Trinajstić information content (AvgIpc) is 2.93. The molecular weight excluding hydrogens is 304 g/mol. The summed E-state index contributed by atoms with van der Waals surface area (Å²) >= 11 is 0. The Bertz CT molecular complexity index is 523. The highest BCUT2D eigenvalue weighted by atomic mass is 16.5. The van der Waals surface area contributed by atoms with Gasteiger partial charge in [-0.2, -0.15) is 0 Å². The molecule has 1 aromatic rings. The summed E-state index contributed by atoms with van der Waals surface area (Å²) in [6.07, 6.45) is 2.73. The van der Waals surface area contributed by atoms with Crippen molar-refractivity contribution in [2.24, 2.45) is 0 Å². The third-order valence-electron chi connectivity index (χ3n) is 4.97. The molecule has 3 rings (SSSR count). The number of nitrogens with zero attached hydrogens (tertiary/aromatic N) is 2. The molecule has 0 aliphatic carbocycles. The first-order valence-corrected chi connectivity index (χ1v) is 8.92. The smallest absolute Gasteiger partial charge is 0.119 e. The van der Waals surface area contributed by atoms with Crippen molar-refractivity contribution in [2.45, 2.75) is 37.6 Å². The van der Waals surface area contributed by atoms with E-state index in [1.807, 2.05) is 6.07 Å². The van der Waals surface area contributed by atoms with E-state index in [0.29, 0.717) is 6.04 Å². The van der Waals surface area contributed by atoms with Gasteiger partial charge in [0, 0.05) is 32.3 Å². The molecule has 2 heterocycles. The van der Waals surface area contributed by atoms with Crippen LogP contribution in [-0.2, 0) is 16.0 Å². The summed E-state index contributed by atoms with van der Waals surface area (Å²) < 4.78 is 17.6. The quantitative estimate of drug-likeness (QED) is 0.762. The van der Waals surface area contributed by atoms with Crippen molar-refractivity contribution in [2.75, 3.05) is 47.5 Å². The van der Waals surface area contributed by atoms with Gasteiger partial charge in [-0.25, -0.2) is 0 Å². The topological polar surface area (TPSA) is 34.2 Å². The fourth-order valence-electron chi connectivity index (χ4n) is 3.72. The maximum absolute atomic E-state index is 6.16. The minimum absolute atomic E-state index is 0.181. The Morgan fingerprint density at radius 3 is 3.00 bits per heavy atom. The van der Waals surface area contributed by atoms with Gasteiger partial charge in [-0.1, -0.05) is 12.1 Å². The third kappa shape index (κ3) is 4.28. The zero-order valence-corrected chi connectivity index (χ0v) is 15.1. The van der Waals surface area contributed by atoms with Crippen LogP contribution < -0.4 is 4.74 Å². The number of likely N-dealkylation sites (N-methyl/N-ethyl adjacent to an activating group) is 1. The van der Waals surface area contributed by atoms with Crippen molar-refractivity contribution >= 4 is 0 Å². The van der Waals surface area contributed by atoms with Crippen LogP contribution in [0.25, 0.3) is 0 Å². The molecule has 24 heavy (non-hydrogen) atoms. The van der Waals surface area contributed by atoms with Crippen LogP contribution in [0.3, 0.4) is 0 Å². The zero-order chi connectivity index (χ0) is 16.9. The lowest BCUT2D eigenvalue weighted by Gasteiger charge is -2.32. The van der Waals surface area contributed by atoms with E-state index < -0.39 is 0 Å². The lowest BCUT2D eigenvalue weighted by atomic mass is 10.0. The summed E-state index contributed by atoms with van der Waals surface area (Å²) in [5.74, 6) is 0.918. The number of ether oxygens (including phenoxy) is 3. The van der Waals surface area contributed by atoms with Gasteiger partial charge < -0.3 is 19.1 Å². The van der Waals surface area contributed by atoms with Gasteiger partial charge in [0.05, 0.1) is 19.8 Å². The van der Waals surface area contributed by atoms with Crippen molar-refractivity contribution in [3.8, 4) is 5.75 Å². The number of hydrogen-bond donors (Lipinski definition) is 0. The number of hydrogen-bond acceptors (Lipinski definition) is 5. The molecule has 5 heteroatoms. The molecule has 3 atom stereocenters. The molecule has 2 aliphatic heterocycles. The number of likely N-dealkylation sites (tertiary alicyclic amines) is 1. The van der Waals surface area contributed by atoms with Crippen LogP contribution in [0.1, 0.15) is 18.4 Å². The predicted octanol–water partition coefficient (Wildman–Crippen LogP) is 2.01. The summed E-state index contributed by atoms with van der Waals surface area (Å²) in [6, 6.07) is 8.81. The monoisotopic (exact) mass is 334 g/mol. The maximum atomic E-state index is 6.16. The Balaban J connectivity index is 1.64. The first-order chi connectivity index (χ1) is 11.7. The number of rotatable bonds is 7. The molecule has 5 nitrogen and oxygen atoms in total. The molecule has 2 saturated heterocycles. The van der Waals surface area contributed by atoms with Gasteiger partial charge in [-0.15, -0.1) is 0 Å². The van der Waals surface area contributed by atoms with Crippen molar-refractivity contribution in [1.82, 2.24) is 9.80 Å². The molecule has 0 bridgehead atoms. The molecule has 0 spiro atoms. The van der Waals surface area contributed by atoms with Gasteiger partial charge in [0.15, 0.2) is 0 Å². The van der Waals surface area contributed by atoms with E-state index in [-0.39, 0.29) is 12.2 Å². The largest absolute Gasteiger partial charge is 0.497 e. The minimum Gasteiger partial charge on any atom is -0.497 e. The van der Waals surface area contributed by atoms with Crippen LogP contribution in [0.5, 0.6) is 5.75 Å². The van der Waals surface area contributed by atoms with Crippen molar-refractivity contribution in [1.29, 1.82) is 0 Å². The second-order valence-corrected chi connectivity index (χ2v) is 7.04. The van der Waals surface area contributed by atoms with Crippen LogP contribution in [0, 0.1) is 0 Å². The van der Waals surface area contributed by atoms with Crippen molar-refractivity contribution < 1.29 is 14.2 Å². The van der Waals surface area contributed by atoms with Gasteiger partial charge in [0.2, 0.25) is 0 Å². The van der Waals surface area contributed by atoms with E-state index in [4.69, 9.17) is 14.2 Å². The Morgan fingerprint density at radius 2 is 2.21 bits per heavy atom. The summed E-state index contributed by atoms with van der Waals surface area (Å²) in [4.78, 5) is 4.68. The summed E-state index contributed by atoms with van der Waals surface area (Å²) in [5.41, 5.74) is 1.28. The standard InChI is InChI=1S/C19H30N2O3/c1-20(2)9-11-23-18-14-21(17-8-5-10-24-19(17)18)13-15-6-4-7-16(12-15)22-3/h4,6-7,12,17-19H,5,8-11,13-14H2,1-3H3/t17-,18+,19+/m1/s1. The van der Waals surface area contributed by atoms with Crippen molar-refractivity contribution in [3.63, 3.8) is 0 Å². The van der Waals surface area contributed by atoms with Crippen LogP contribution in [0.4, 0.5) is 0 Å². The predicted molar refractivity (Wildman–Crippen MR) is 94.5 cm³/mol.